The Bertz CT molecular complexity index is 351. The van der Waals surface area contributed by atoms with E-state index >= 15 is 0 Å². The molecule has 0 saturated carbocycles. The van der Waals surface area contributed by atoms with Crippen molar-refractivity contribution in [2.24, 2.45) is 5.73 Å². The van der Waals surface area contributed by atoms with Crippen molar-refractivity contribution in [3.63, 3.8) is 0 Å². The van der Waals surface area contributed by atoms with E-state index in [4.69, 9.17) is 20.3 Å². The average molecular weight is 211 g/mol. The van der Waals surface area contributed by atoms with Gasteiger partial charge >= 0.3 is 0 Å². The van der Waals surface area contributed by atoms with E-state index in [2.05, 4.69) is 0 Å². The van der Waals surface area contributed by atoms with E-state index in [0.717, 1.165) is 0 Å². The number of amides is 1. The molecule has 0 unspecified atom stereocenters. The van der Waals surface area contributed by atoms with Crippen molar-refractivity contribution < 1.29 is 19.4 Å². The molecule has 0 heterocycles. The normalized spacial score (nSPS) is 9.73. The van der Waals surface area contributed by atoms with Gasteiger partial charge in [0.25, 0.3) is 5.91 Å². The van der Waals surface area contributed by atoms with Crippen LogP contribution in [0.15, 0.2) is 18.2 Å². The molecule has 5 nitrogen and oxygen atoms in total. The molecular weight excluding hydrogens is 198 g/mol. The molecule has 0 radical (unpaired) electrons. The summed E-state index contributed by atoms with van der Waals surface area (Å²) in [6.45, 7) is -0.398. The number of aliphatic hydroxyl groups is 1. The lowest BCUT2D eigenvalue weighted by molar-refractivity contribution is -0.119. The quantitative estimate of drug-likeness (QED) is 0.721. The molecule has 0 aromatic heterocycles. The number of carbonyl (C=O) groups excluding carboxylic acids is 1. The number of nitrogens with two attached hydrogens (primary N) is 1. The van der Waals surface area contributed by atoms with E-state index in [1.165, 1.54) is 7.11 Å². The lowest BCUT2D eigenvalue weighted by Gasteiger charge is -2.09. The van der Waals surface area contributed by atoms with Crippen LogP contribution in [-0.4, -0.2) is 24.7 Å². The van der Waals surface area contributed by atoms with Crippen molar-refractivity contribution in [2.75, 3.05) is 13.7 Å². The first-order valence-electron chi connectivity index (χ1n) is 4.36. The first-order valence-corrected chi connectivity index (χ1v) is 4.36. The molecule has 3 N–H and O–H groups in total. The van der Waals surface area contributed by atoms with Gasteiger partial charge in [-0.1, -0.05) is 0 Å². The van der Waals surface area contributed by atoms with E-state index in [9.17, 15) is 4.79 Å². The fourth-order valence-corrected chi connectivity index (χ4v) is 1.10. The molecule has 0 bridgehead atoms. The maximum Gasteiger partial charge on any atom is 0.255 e. The Morgan fingerprint density at radius 3 is 2.80 bits per heavy atom. The maximum absolute atomic E-state index is 10.5. The second-order valence-corrected chi connectivity index (χ2v) is 2.89. The van der Waals surface area contributed by atoms with Crippen LogP contribution in [-0.2, 0) is 11.4 Å². The molecule has 1 aromatic carbocycles. The highest BCUT2D eigenvalue weighted by Crippen LogP contribution is 2.23. The second-order valence-electron chi connectivity index (χ2n) is 2.89. The van der Waals surface area contributed by atoms with Gasteiger partial charge in [-0.15, -0.1) is 0 Å². The van der Waals surface area contributed by atoms with Crippen LogP contribution >= 0.6 is 0 Å². The predicted molar refractivity (Wildman–Crippen MR) is 53.6 cm³/mol. The Hall–Kier alpha value is -1.75. The van der Waals surface area contributed by atoms with Crippen LogP contribution in [0.2, 0.25) is 0 Å². The van der Waals surface area contributed by atoms with Gasteiger partial charge in [-0.3, -0.25) is 4.79 Å². The Balaban J connectivity index is 2.82. The fourth-order valence-electron chi connectivity index (χ4n) is 1.10. The summed E-state index contributed by atoms with van der Waals surface area (Å²) in [4.78, 5) is 10.5. The van der Waals surface area contributed by atoms with Crippen molar-refractivity contribution in [1.29, 1.82) is 0 Å². The zero-order valence-corrected chi connectivity index (χ0v) is 8.40. The SMILES string of the molecule is COc1ccc(OCC(N)=O)c(CO)c1. The molecule has 0 atom stereocenters. The number of carbonyl (C=O) groups is 1. The summed E-state index contributed by atoms with van der Waals surface area (Å²) in [7, 11) is 1.53. The van der Waals surface area contributed by atoms with E-state index in [0.29, 0.717) is 17.1 Å². The Morgan fingerprint density at radius 2 is 2.27 bits per heavy atom. The fraction of sp³-hybridized carbons (Fsp3) is 0.300. The summed E-state index contributed by atoms with van der Waals surface area (Å²) in [5.41, 5.74) is 5.49. The molecule has 5 heteroatoms. The van der Waals surface area contributed by atoms with E-state index in [1.54, 1.807) is 18.2 Å². The highest BCUT2D eigenvalue weighted by molar-refractivity contribution is 5.75. The largest absolute Gasteiger partial charge is 0.497 e. The minimum Gasteiger partial charge on any atom is -0.497 e. The number of primary amides is 1. The number of methoxy groups -OCH3 is 1. The van der Waals surface area contributed by atoms with Crippen molar-refractivity contribution in [1.82, 2.24) is 0 Å². The van der Waals surface area contributed by atoms with Crippen LogP contribution in [0.1, 0.15) is 5.56 Å². The van der Waals surface area contributed by atoms with Gasteiger partial charge < -0.3 is 20.3 Å². The molecule has 0 aliphatic rings. The van der Waals surface area contributed by atoms with Gasteiger partial charge in [0.05, 0.1) is 13.7 Å². The van der Waals surface area contributed by atoms with Gasteiger partial charge in [-0.25, -0.2) is 0 Å². The molecule has 0 spiro atoms. The van der Waals surface area contributed by atoms with Crippen molar-refractivity contribution in [2.45, 2.75) is 6.61 Å². The number of ether oxygens (including phenoxy) is 2. The summed E-state index contributed by atoms with van der Waals surface area (Å²) in [5.74, 6) is 0.484. The van der Waals surface area contributed by atoms with Gasteiger partial charge in [-0.2, -0.15) is 0 Å². The number of rotatable bonds is 5. The molecule has 0 fully saturated rings. The molecule has 0 aliphatic carbocycles. The molecule has 15 heavy (non-hydrogen) atoms. The number of aliphatic hydroxyl groups excluding tert-OH is 1. The van der Waals surface area contributed by atoms with E-state index in [1.807, 2.05) is 0 Å². The van der Waals surface area contributed by atoms with E-state index in [-0.39, 0.29) is 13.2 Å². The van der Waals surface area contributed by atoms with Crippen LogP contribution in [0, 0.1) is 0 Å². The Morgan fingerprint density at radius 1 is 1.53 bits per heavy atom. The molecular formula is C10H13NO4. The van der Waals surface area contributed by atoms with Gasteiger partial charge in [0.2, 0.25) is 0 Å². The van der Waals surface area contributed by atoms with Gasteiger partial charge in [0, 0.05) is 5.56 Å². The smallest absolute Gasteiger partial charge is 0.255 e. The Labute approximate surface area is 87.4 Å². The first-order chi connectivity index (χ1) is 7.17. The minimum absolute atomic E-state index is 0.189. The third-order valence-corrected chi connectivity index (χ3v) is 1.81. The van der Waals surface area contributed by atoms with Crippen molar-refractivity contribution >= 4 is 5.91 Å². The molecule has 0 saturated heterocycles. The van der Waals surface area contributed by atoms with Crippen LogP contribution in [0.5, 0.6) is 11.5 Å². The highest BCUT2D eigenvalue weighted by atomic mass is 16.5. The summed E-state index contributed by atoms with van der Waals surface area (Å²) >= 11 is 0. The van der Waals surface area contributed by atoms with Crippen LogP contribution in [0.4, 0.5) is 0 Å². The van der Waals surface area contributed by atoms with Gasteiger partial charge in [0.1, 0.15) is 11.5 Å². The van der Waals surface area contributed by atoms with E-state index < -0.39 is 5.91 Å². The summed E-state index contributed by atoms with van der Waals surface area (Å²) < 4.78 is 10.1. The second kappa shape index (κ2) is 5.21. The lowest BCUT2D eigenvalue weighted by atomic mass is 10.2. The maximum atomic E-state index is 10.5. The van der Waals surface area contributed by atoms with Crippen molar-refractivity contribution in [3.05, 3.63) is 23.8 Å². The molecule has 82 valence electrons. The monoisotopic (exact) mass is 211 g/mol. The van der Waals surface area contributed by atoms with Gasteiger partial charge in [0.15, 0.2) is 6.61 Å². The predicted octanol–water partition coefficient (Wildman–Crippen LogP) is 0.0516. The minimum atomic E-state index is -0.560. The summed E-state index contributed by atoms with van der Waals surface area (Å²) in [5, 5.41) is 9.05. The highest BCUT2D eigenvalue weighted by Gasteiger charge is 2.05. The number of hydrogen-bond donors (Lipinski definition) is 2. The van der Waals surface area contributed by atoms with Crippen LogP contribution in [0.25, 0.3) is 0 Å². The topological polar surface area (TPSA) is 81.8 Å². The zero-order valence-electron chi connectivity index (χ0n) is 8.40. The number of hydrogen-bond acceptors (Lipinski definition) is 4. The molecule has 1 rings (SSSR count). The Kier molecular flexibility index (Phi) is 3.93. The summed E-state index contributed by atoms with van der Waals surface area (Å²) in [6.07, 6.45) is 0. The molecule has 1 amide bonds. The van der Waals surface area contributed by atoms with Crippen LogP contribution in [0.3, 0.4) is 0 Å². The average Bonchev–Trinajstić information content (AvgIpc) is 2.25. The van der Waals surface area contributed by atoms with Gasteiger partial charge in [-0.05, 0) is 18.2 Å². The first kappa shape index (κ1) is 11.3. The standard InChI is InChI=1S/C10H13NO4/c1-14-8-2-3-9(7(4-8)5-12)15-6-10(11)13/h2-4,12H,5-6H2,1H3,(H2,11,13). The third kappa shape index (κ3) is 3.14. The van der Waals surface area contributed by atoms with Crippen LogP contribution < -0.4 is 15.2 Å². The molecule has 0 aliphatic heterocycles. The molecule has 1 aromatic rings. The number of benzene rings is 1. The third-order valence-electron chi connectivity index (χ3n) is 1.81. The zero-order chi connectivity index (χ0) is 11.3. The lowest BCUT2D eigenvalue weighted by Crippen LogP contribution is -2.20. The summed E-state index contributed by atoms with van der Waals surface area (Å²) in [6, 6.07) is 4.93. The van der Waals surface area contributed by atoms with Crippen molar-refractivity contribution in [3.8, 4) is 11.5 Å².